The lowest BCUT2D eigenvalue weighted by Gasteiger charge is -2.36. The summed E-state index contributed by atoms with van der Waals surface area (Å²) in [5.41, 5.74) is 0.443. The van der Waals surface area contributed by atoms with Gasteiger partial charge in [0.25, 0.3) is 0 Å². The van der Waals surface area contributed by atoms with Crippen molar-refractivity contribution in [1.29, 1.82) is 0 Å². The molecule has 0 aromatic rings. The second-order valence-corrected chi connectivity index (χ2v) is 9.04. The maximum absolute atomic E-state index is 12.3. The van der Waals surface area contributed by atoms with Crippen LogP contribution in [-0.4, -0.2) is 35.6 Å². The van der Waals surface area contributed by atoms with Crippen molar-refractivity contribution in [2.24, 2.45) is 17.3 Å². The Labute approximate surface area is 156 Å². The van der Waals surface area contributed by atoms with Crippen LogP contribution in [-0.2, 0) is 9.53 Å². The van der Waals surface area contributed by atoms with Crippen LogP contribution >= 0.6 is 0 Å². The Morgan fingerprint density at radius 2 is 1.68 bits per heavy atom. The van der Waals surface area contributed by atoms with E-state index in [0.717, 1.165) is 37.8 Å². The van der Waals surface area contributed by atoms with E-state index in [1.54, 1.807) is 6.08 Å². The van der Waals surface area contributed by atoms with E-state index in [1.807, 2.05) is 6.92 Å². The van der Waals surface area contributed by atoms with E-state index in [1.165, 1.54) is 12.8 Å². The van der Waals surface area contributed by atoms with Crippen molar-refractivity contribution in [2.45, 2.75) is 92.3 Å². The second-order valence-electron chi connectivity index (χ2n) is 9.04. The van der Waals surface area contributed by atoms with E-state index in [2.05, 4.69) is 53.0 Å². The third kappa shape index (κ3) is 6.13. The fourth-order valence-corrected chi connectivity index (χ4v) is 4.13. The van der Waals surface area contributed by atoms with E-state index in [9.17, 15) is 4.79 Å². The van der Waals surface area contributed by atoms with Gasteiger partial charge in [0.15, 0.2) is 0 Å². The first-order valence-corrected chi connectivity index (χ1v) is 10.2. The van der Waals surface area contributed by atoms with Crippen molar-refractivity contribution in [2.75, 3.05) is 13.1 Å². The molecule has 3 unspecified atom stereocenters. The molecule has 3 aliphatic rings. The van der Waals surface area contributed by atoms with Crippen molar-refractivity contribution < 1.29 is 9.53 Å². The number of fused-ring (bicyclic) bond motifs is 1. The first-order chi connectivity index (χ1) is 11.6. The average molecular weight is 352 g/mol. The van der Waals surface area contributed by atoms with Gasteiger partial charge >= 0.3 is 0 Å². The molecule has 0 spiro atoms. The molecule has 3 nitrogen and oxygen atoms in total. The smallest absolute Gasteiger partial charge is 0.225 e. The molecule has 0 radical (unpaired) electrons. The van der Waals surface area contributed by atoms with Crippen LogP contribution in [0.5, 0.6) is 0 Å². The highest BCUT2D eigenvalue weighted by molar-refractivity contribution is 5.77. The molecule has 0 aromatic heterocycles. The molecule has 1 aliphatic carbocycles. The molecule has 3 rings (SSSR count). The highest BCUT2D eigenvalue weighted by Gasteiger charge is 2.62. The Morgan fingerprint density at radius 3 is 2.12 bits per heavy atom. The molecular formula is C22H41NO2. The summed E-state index contributed by atoms with van der Waals surface area (Å²) in [6.45, 7) is 20.4. The molecule has 25 heavy (non-hydrogen) atoms. The zero-order valence-corrected chi connectivity index (χ0v) is 17.7. The number of allylic oxidation sites excluding steroid dienone is 1. The zero-order chi connectivity index (χ0) is 19.3. The fourth-order valence-electron chi connectivity index (χ4n) is 4.13. The Balaban J connectivity index is 0.000000460. The predicted molar refractivity (Wildman–Crippen MR) is 107 cm³/mol. The monoisotopic (exact) mass is 351 g/mol. The van der Waals surface area contributed by atoms with Crippen molar-refractivity contribution in [3.8, 4) is 0 Å². The maximum atomic E-state index is 12.3. The molecule has 3 heteroatoms. The van der Waals surface area contributed by atoms with Crippen LogP contribution in [0.1, 0.15) is 80.6 Å². The first kappa shape index (κ1) is 22.2. The van der Waals surface area contributed by atoms with Gasteiger partial charge in [-0.15, -0.1) is 6.58 Å². The lowest BCUT2D eigenvalue weighted by atomic mass is 9.94. The summed E-state index contributed by atoms with van der Waals surface area (Å²) in [7, 11) is 0. The Kier molecular flexibility index (Phi) is 8.18. The van der Waals surface area contributed by atoms with Gasteiger partial charge in [-0.25, -0.2) is 0 Å². The van der Waals surface area contributed by atoms with Crippen LogP contribution in [0.15, 0.2) is 12.7 Å². The summed E-state index contributed by atoms with van der Waals surface area (Å²) in [6, 6.07) is 0. The second kappa shape index (κ2) is 9.21. The van der Waals surface area contributed by atoms with E-state index >= 15 is 0 Å². The number of piperidine rings is 1. The third-order valence-corrected chi connectivity index (χ3v) is 5.67. The van der Waals surface area contributed by atoms with E-state index in [0.29, 0.717) is 17.7 Å². The van der Waals surface area contributed by atoms with E-state index in [-0.39, 0.29) is 11.7 Å². The molecule has 0 N–H and O–H groups in total. The van der Waals surface area contributed by atoms with Gasteiger partial charge in [-0.05, 0) is 57.3 Å². The highest BCUT2D eigenvalue weighted by Crippen LogP contribution is 2.62. The van der Waals surface area contributed by atoms with Crippen LogP contribution in [0.3, 0.4) is 0 Å². The number of carbonyl (C=O) groups excluding carboxylic acids is 1. The van der Waals surface area contributed by atoms with Gasteiger partial charge in [-0.3, -0.25) is 4.79 Å². The van der Waals surface area contributed by atoms with E-state index in [4.69, 9.17) is 4.74 Å². The molecule has 2 saturated heterocycles. The predicted octanol–water partition coefficient (Wildman–Crippen LogP) is 5.45. The van der Waals surface area contributed by atoms with Gasteiger partial charge in [0.2, 0.25) is 5.91 Å². The number of nitrogens with zero attached hydrogens (tertiary/aromatic N) is 1. The number of hydrogen-bond donors (Lipinski definition) is 0. The van der Waals surface area contributed by atoms with Crippen molar-refractivity contribution in [1.82, 2.24) is 4.90 Å². The molecule has 1 saturated carbocycles. The molecule has 0 bridgehead atoms. The first-order valence-electron chi connectivity index (χ1n) is 10.2. The number of amides is 1. The number of hydrogen-bond acceptors (Lipinski definition) is 2. The standard InChI is InChI=1S/C16H27NO2.C3H8.C3H6/c1-15(2)7-5-6-11(19-15)8-14(18)17-9-12-13(10-17)16(12,3)4;2*1-3-2/h11-13H,5-10H2,1-4H3;3H2,1-2H3;3H,1H2,2H3. The fraction of sp³-hybridized carbons (Fsp3) is 0.864. The summed E-state index contributed by atoms with van der Waals surface area (Å²) in [5.74, 6) is 1.81. The summed E-state index contributed by atoms with van der Waals surface area (Å²) in [6.07, 6.45) is 7.06. The number of ether oxygens (including phenoxy) is 1. The van der Waals surface area contributed by atoms with Gasteiger partial charge in [-0.2, -0.15) is 0 Å². The molecule has 1 amide bonds. The topological polar surface area (TPSA) is 29.5 Å². The normalized spacial score (nSPS) is 30.8. The number of rotatable bonds is 2. The quantitative estimate of drug-likeness (QED) is 0.619. The molecule has 3 atom stereocenters. The van der Waals surface area contributed by atoms with Crippen molar-refractivity contribution in [3.63, 3.8) is 0 Å². The van der Waals surface area contributed by atoms with Gasteiger partial charge in [0, 0.05) is 13.1 Å². The van der Waals surface area contributed by atoms with Crippen molar-refractivity contribution in [3.05, 3.63) is 12.7 Å². The number of carbonyl (C=O) groups is 1. The molecule has 2 aliphatic heterocycles. The van der Waals surface area contributed by atoms with E-state index < -0.39 is 0 Å². The largest absolute Gasteiger partial charge is 0.372 e. The molecule has 0 aromatic carbocycles. The molecule has 2 heterocycles. The molecular weight excluding hydrogens is 310 g/mol. The van der Waals surface area contributed by atoms with Gasteiger partial charge in [0.05, 0.1) is 18.1 Å². The Hall–Kier alpha value is -0.830. The Morgan fingerprint density at radius 1 is 1.20 bits per heavy atom. The highest BCUT2D eigenvalue weighted by atomic mass is 16.5. The Bertz CT molecular complexity index is 427. The van der Waals surface area contributed by atoms with Crippen LogP contribution < -0.4 is 0 Å². The summed E-state index contributed by atoms with van der Waals surface area (Å²) in [4.78, 5) is 14.4. The third-order valence-electron chi connectivity index (χ3n) is 5.67. The zero-order valence-electron chi connectivity index (χ0n) is 17.7. The van der Waals surface area contributed by atoms with Crippen LogP contribution in [0.25, 0.3) is 0 Å². The number of likely N-dealkylation sites (tertiary alicyclic amines) is 1. The average Bonchev–Trinajstić information content (AvgIpc) is 2.87. The molecule has 3 fully saturated rings. The summed E-state index contributed by atoms with van der Waals surface area (Å²) >= 11 is 0. The van der Waals surface area contributed by atoms with Gasteiger partial charge in [-0.1, -0.05) is 40.2 Å². The minimum atomic E-state index is -0.0433. The van der Waals surface area contributed by atoms with Gasteiger partial charge < -0.3 is 9.64 Å². The SMILES string of the molecule is C=CC.CC1(C)CCCC(CC(=O)N2CC3C(C2)C3(C)C)O1.CCC. The van der Waals surface area contributed by atoms with Gasteiger partial charge in [0.1, 0.15) is 0 Å². The molecule has 146 valence electrons. The summed E-state index contributed by atoms with van der Waals surface area (Å²) < 4.78 is 6.04. The minimum Gasteiger partial charge on any atom is -0.372 e. The lowest BCUT2D eigenvalue weighted by Crippen LogP contribution is -2.40. The lowest BCUT2D eigenvalue weighted by molar-refractivity contribution is -0.143. The maximum Gasteiger partial charge on any atom is 0.225 e. The van der Waals surface area contributed by atoms with Crippen LogP contribution in [0, 0.1) is 17.3 Å². The van der Waals surface area contributed by atoms with Crippen LogP contribution in [0.4, 0.5) is 0 Å². The van der Waals surface area contributed by atoms with Crippen molar-refractivity contribution >= 4 is 5.91 Å². The summed E-state index contributed by atoms with van der Waals surface area (Å²) in [5, 5.41) is 0. The minimum absolute atomic E-state index is 0.0433. The van der Waals surface area contributed by atoms with Crippen LogP contribution in [0.2, 0.25) is 0 Å².